The summed E-state index contributed by atoms with van der Waals surface area (Å²) in [5, 5.41) is 12.9. The molecule has 0 saturated carbocycles. The standard InChI is InChI=1S/C21H21F2N3O4/c1-11-16-4-2-3-7-25(11)21(30)17-19(28)18(27)14(10-26(16)17)20(29)24-9-12-5-6-13(22)8-15(12)23/h5-6,8,10-11,16,28H,2-4,7,9H2,1H3,(H,24,29)/t11-,16-/m0/s1. The number of pyridine rings is 1. The monoisotopic (exact) mass is 417 g/mol. The van der Waals surface area contributed by atoms with Crippen LogP contribution in [-0.4, -0.2) is 39.0 Å². The van der Waals surface area contributed by atoms with Crippen molar-refractivity contribution < 1.29 is 23.5 Å². The van der Waals surface area contributed by atoms with Crippen molar-refractivity contribution in [1.29, 1.82) is 0 Å². The molecule has 158 valence electrons. The number of nitrogens with zero attached hydrogens (tertiary/aromatic N) is 2. The molecule has 0 aliphatic carbocycles. The largest absolute Gasteiger partial charge is 0.503 e. The van der Waals surface area contributed by atoms with E-state index >= 15 is 0 Å². The van der Waals surface area contributed by atoms with Crippen LogP contribution in [0.4, 0.5) is 8.78 Å². The maximum Gasteiger partial charge on any atom is 0.274 e. The van der Waals surface area contributed by atoms with Crippen LogP contribution in [0.5, 0.6) is 5.75 Å². The SMILES string of the molecule is C[C@H]1[C@@H]2CCCCN1C(=O)c1c(O)c(=O)c(C(=O)NCc3ccc(F)cc3F)cn12. The van der Waals surface area contributed by atoms with Gasteiger partial charge in [0.15, 0.2) is 11.4 Å². The van der Waals surface area contributed by atoms with Gasteiger partial charge < -0.3 is 19.9 Å². The fourth-order valence-corrected chi connectivity index (χ4v) is 4.27. The van der Waals surface area contributed by atoms with Crippen molar-refractivity contribution in [1.82, 2.24) is 14.8 Å². The van der Waals surface area contributed by atoms with Crippen LogP contribution < -0.4 is 10.7 Å². The van der Waals surface area contributed by atoms with Crippen LogP contribution in [0.2, 0.25) is 0 Å². The Morgan fingerprint density at radius 1 is 1.27 bits per heavy atom. The lowest BCUT2D eigenvalue weighted by atomic mass is 9.99. The molecule has 2 atom stereocenters. The number of rotatable bonds is 3. The quantitative estimate of drug-likeness (QED) is 0.802. The molecule has 1 fully saturated rings. The van der Waals surface area contributed by atoms with Gasteiger partial charge in [-0.3, -0.25) is 14.4 Å². The van der Waals surface area contributed by atoms with Crippen molar-refractivity contribution in [2.75, 3.05) is 6.54 Å². The Balaban J connectivity index is 1.68. The number of amides is 2. The van der Waals surface area contributed by atoms with Gasteiger partial charge in [0.1, 0.15) is 17.2 Å². The van der Waals surface area contributed by atoms with E-state index in [0.717, 1.165) is 25.3 Å². The molecular weight excluding hydrogens is 396 g/mol. The normalized spacial score (nSPS) is 20.5. The molecule has 4 rings (SSSR count). The van der Waals surface area contributed by atoms with Gasteiger partial charge in [0, 0.05) is 37.0 Å². The molecule has 1 aromatic heterocycles. The minimum atomic E-state index is -0.959. The van der Waals surface area contributed by atoms with E-state index in [4.69, 9.17) is 0 Å². The van der Waals surface area contributed by atoms with Crippen molar-refractivity contribution in [3.63, 3.8) is 0 Å². The number of benzene rings is 1. The molecule has 2 bridgehead atoms. The Labute approximate surface area is 170 Å². The number of aromatic hydroxyl groups is 1. The first-order valence-corrected chi connectivity index (χ1v) is 9.80. The zero-order valence-corrected chi connectivity index (χ0v) is 16.3. The fraction of sp³-hybridized carbons (Fsp3) is 0.381. The third kappa shape index (κ3) is 3.24. The number of carbonyl (C=O) groups is 2. The van der Waals surface area contributed by atoms with Gasteiger partial charge in [-0.15, -0.1) is 0 Å². The van der Waals surface area contributed by atoms with Gasteiger partial charge in [-0.1, -0.05) is 6.07 Å². The maximum absolute atomic E-state index is 13.8. The molecule has 3 heterocycles. The van der Waals surface area contributed by atoms with Crippen LogP contribution in [-0.2, 0) is 6.54 Å². The van der Waals surface area contributed by atoms with Crippen LogP contribution in [0.25, 0.3) is 0 Å². The van der Waals surface area contributed by atoms with Crippen molar-refractivity contribution in [2.45, 2.75) is 44.8 Å². The van der Waals surface area contributed by atoms with E-state index in [1.807, 2.05) is 6.92 Å². The highest BCUT2D eigenvalue weighted by molar-refractivity contribution is 5.99. The number of nitrogens with one attached hydrogen (secondary N) is 1. The Hall–Kier alpha value is -3.23. The Bertz CT molecular complexity index is 1100. The summed E-state index contributed by atoms with van der Waals surface area (Å²) in [6.07, 6.45) is 3.73. The Morgan fingerprint density at radius 2 is 2.03 bits per heavy atom. The zero-order chi connectivity index (χ0) is 21.6. The number of carbonyl (C=O) groups excluding carboxylic acids is 2. The number of hydrogen-bond acceptors (Lipinski definition) is 4. The molecule has 1 saturated heterocycles. The second-order valence-electron chi connectivity index (χ2n) is 7.70. The minimum Gasteiger partial charge on any atom is -0.503 e. The van der Waals surface area contributed by atoms with Gasteiger partial charge in [-0.25, -0.2) is 8.78 Å². The number of hydrogen-bond donors (Lipinski definition) is 2. The third-order valence-corrected chi connectivity index (χ3v) is 5.93. The molecule has 1 aromatic carbocycles. The Kier molecular flexibility index (Phi) is 5.05. The van der Waals surface area contributed by atoms with Crippen molar-refractivity contribution >= 4 is 11.8 Å². The highest BCUT2D eigenvalue weighted by atomic mass is 19.1. The first-order chi connectivity index (χ1) is 14.3. The predicted octanol–water partition coefficient (Wildman–Crippen LogP) is 2.33. The lowest BCUT2D eigenvalue weighted by Crippen LogP contribution is -2.49. The van der Waals surface area contributed by atoms with Crippen molar-refractivity contribution in [3.05, 3.63) is 63.1 Å². The third-order valence-electron chi connectivity index (χ3n) is 5.93. The molecule has 7 nitrogen and oxygen atoms in total. The summed E-state index contributed by atoms with van der Waals surface area (Å²) in [5.41, 5.74) is -1.35. The molecule has 2 amide bonds. The van der Waals surface area contributed by atoms with Crippen molar-refractivity contribution in [3.8, 4) is 5.75 Å². The fourth-order valence-electron chi connectivity index (χ4n) is 4.27. The average molecular weight is 417 g/mol. The Morgan fingerprint density at radius 3 is 2.77 bits per heavy atom. The van der Waals surface area contributed by atoms with E-state index in [1.165, 1.54) is 16.8 Å². The summed E-state index contributed by atoms with van der Waals surface area (Å²) in [7, 11) is 0. The highest BCUT2D eigenvalue weighted by Gasteiger charge is 2.40. The van der Waals surface area contributed by atoms with Crippen LogP contribution in [0.1, 0.15) is 58.6 Å². The van der Waals surface area contributed by atoms with Gasteiger partial charge >= 0.3 is 0 Å². The van der Waals surface area contributed by atoms with E-state index in [-0.39, 0.29) is 35.4 Å². The molecule has 0 unspecified atom stereocenters. The second kappa shape index (κ2) is 7.55. The molecule has 9 heteroatoms. The van der Waals surface area contributed by atoms with E-state index < -0.39 is 34.6 Å². The molecule has 30 heavy (non-hydrogen) atoms. The van der Waals surface area contributed by atoms with Gasteiger partial charge in [0.2, 0.25) is 5.43 Å². The summed E-state index contributed by atoms with van der Waals surface area (Å²) in [5.74, 6) is -3.57. The second-order valence-corrected chi connectivity index (χ2v) is 7.70. The van der Waals surface area contributed by atoms with Gasteiger partial charge in [0.25, 0.3) is 11.8 Å². The maximum atomic E-state index is 13.8. The van der Waals surface area contributed by atoms with E-state index in [0.29, 0.717) is 12.6 Å². The topological polar surface area (TPSA) is 91.6 Å². The summed E-state index contributed by atoms with van der Waals surface area (Å²) >= 11 is 0. The van der Waals surface area contributed by atoms with Gasteiger partial charge in [-0.2, -0.15) is 0 Å². The molecule has 0 spiro atoms. The molecule has 2 aromatic rings. The zero-order valence-electron chi connectivity index (χ0n) is 16.3. The first-order valence-electron chi connectivity index (χ1n) is 9.80. The van der Waals surface area contributed by atoms with Crippen LogP contribution in [0.15, 0.2) is 29.2 Å². The molecule has 2 N–H and O–H groups in total. The van der Waals surface area contributed by atoms with E-state index in [1.54, 1.807) is 4.90 Å². The number of aromatic nitrogens is 1. The summed E-state index contributed by atoms with van der Waals surface area (Å²) in [6, 6.07) is 2.65. The van der Waals surface area contributed by atoms with Crippen LogP contribution in [0, 0.1) is 11.6 Å². The molecule has 0 radical (unpaired) electrons. The van der Waals surface area contributed by atoms with Gasteiger partial charge in [0.05, 0.1) is 6.04 Å². The lowest BCUT2D eigenvalue weighted by Gasteiger charge is -2.40. The van der Waals surface area contributed by atoms with E-state index in [9.17, 15) is 28.3 Å². The molecule has 2 aliphatic rings. The summed E-state index contributed by atoms with van der Waals surface area (Å²) in [6.45, 7) is 2.19. The smallest absolute Gasteiger partial charge is 0.274 e. The van der Waals surface area contributed by atoms with Gasteiger partial charge in [-0.05, 0) is 32.3 Å². The molecular formula is C21H21F2N3O4. The van der Waals surface area contributed by atoms with Crippen molar-refractivity contribution in [2.24, 2.45) is 0 Å². The highest BCUT2D eigenvalue weighted by Crippen LogP contribution is 2.36. The minimum absolute atomic E-state index is 0.0512. The molecule has 2 aliphatic heterocycles. The summed E-state index contributed by atoms with van der Waals surface area (Å²) in [4.78, 5) is 39.8. The van der Waals surface area contributed by atoms with E-state index in [2.05, 4.69) is 5.32 Å². The van der Waals surface area contributed by atoms with Crippen LogP contribution >= 0.6 is 0 Å². The first kappa shape index (κ1) is 20.1. The summed E-state index contributed by atoms with van der Waals surface area (Å²) < 4.78 is 28.4. The predicted molar refractivity (Wildman–Crippen MR) is 103 cm³/mol. The number of halogens is 2. The number of fused-ring (bicyclic) bond motifs is 4. The lowest BCUT2D eigenvalue weighted by molar-refractivity contribution is 0.0565. The van der Waals surface area contributed by atoms with Crippen LogP contribution in [0.3, 0.4) is 0 Å². The average Bonchev–Trinajstić information content (AvgIpc) is 2.85.